The molecule has 0 aromatic heterocycles. The number of carbonyl (C=O) groups excluding carboxylic acids is 1. The third-order valence-electron chi connectivity index (χ3n) is 6.23. The summed E-state index contributed by atoms with van der Waals surface area (Å²) < 4.78 is 0. The summed E-state index contributed by atoms with van der Waals surface area (Å²) in [5.41, 5.74) is 3.65. The minimum Gasteiger partial charge on any atom is -0.357 e. The normalized spacial score (nSPS) is 14.8. The van der Waals surface area contributed by atoms with Gasteiger partial charge in [0.25, 0.3) is 0 Å². The summed E-state index contributed by atoms with van der Waals surface area (Å²) in [6.07, 6.45) is 1.66. The van der Waals surface area contributed by atoms with Crippen LogP contribution in [0.5, 0.6) is 0 Å². The molecule has 2 aromatic rings. The van der Waals surface area contributed by atoms with Gasteiger partial charge in [-0.3, -0.25) is 9.69 Å². The lowest BCUT2D eigenvalue weighted by Crippen LogP contribution is -2.43. The zero-order valence-electron chi connectivity index (χ0n) is 20.8. The molecule has 7 heteroatoms. The zero-order chi connectivity index (χ0) is 23.5. The van der Waals surface area contributed by atoms with Crippen molar-refractivity contribution in [2.24, 2.45) is 4.99 Å². The second-order valence-electron chi connectivity index (χ2n) is 8.46. The van der Waals surface area contributed by atoms with Crippen LogP contribution in [-0.4, -0.2) is 54.4 Å². The number of rotatable bonds is 11. The number of nitrogens with zero attached hydrogens (tertiary/aromatic N) is 3. The zero-order valence-corrected chi connectivity index (χ0v) is 23.1. The summed E-state index contributed by atoms with van der Waals surface area (Å²) in [7, 11) is 0. The van der Waals surface area contributed by atoms with E-state index in [0.717, 1.165) is 50.7 Å². The van der Waals surface area contributed by atoms with Crippen LogP contribution < -0.4 is 10.6 Å². The molecule has 1 saturated heterocycles. The first kappa shape index (κ1) is 28.1. The molecule has 0 saturated carbocycles. The lowest BCUT2D eigenvalue weighted by atomic mass is 10.1. The number of guanidine groups is 1. The molecule has 186 valence electrons. The molecule has 1 atom stereocenters. The molecule has 1 amide bonds. The number of halogens is 1. The second-order valence-corrected chi connectivity index (χ2v) is 8.46. The Bertz CT molecular complexity index is 884. The Labute approximate surface area is 222 Å². The van der Waals surface area contributed by atoms with Crippen molar-refractivity contribution < 1.29 is 4.79 Å². The highest BCUT2D eigenvalue weighted by molar-refractivity contribution is 14.0. The van der Waals surface area contributed by atoms with Gasteiger partial charge in [-0.25, -0.2) is 4.99 Å². The van der Waals surface area contributed by atoms with Crippen LogP contribution in [0.25, 0.3) is 0 Å². The van der Waals surface area contributed by atoms with Gasteiger partial charge in [-0.05, 0) is 43.1 Å². The first-order valence-electron chi connectivity index (χ1n) is 12.3. The molecule has 6 nitrogen and oxygen atoms in total. The van der Waals surface area contributed by atoms with E-state index in [1.165, 1.54) is 11.1 Å². The largest absolute Gasteiger partial charge is 0.357 e. The van der Waals surface area contributed by atoms with Gasteiger partial charge in [0.15, 0.2) is 5.96 Å². The molecule has 1 aliphatic rings. The van der Waals surface area contributed by atoms with Crippen molar-refractivity contribution >= 4 is 35.8 Å². The van der Waals surface area contributed by atoms with Gasteiger partial charge in [-0.15, -0.1) is 24.0 Å². The highest BCUT2D eigenvalue weighted by Gasteiger charge is 2.20. The van der Waals surface area contributed by atoms with Gasteiger partial charge >= 0.3 is 0 Å². The number of aliphatic imine (C=N–C) groups is 1. The van der Waals surface area contributed by atoms with E-state index in [0.29, 0.717) is 19.5 Å². The lowest BCUT2D eigenvalue weighted by Gasteiger charge is -2.30. The number of hydrogen-bond acceptors (Lipinski definition) is 3. The standard InChI is InChI=1S/C27H39N5O.HI/c1-4-28-27(30-20-25(31(5-2)6-3)24-11-8-7-9-12-24)29-19-22-14-16-23(17-15-22)21-32-18-10-13-26(32)33;/h7-9,11-12,14-17,25H,4-6,10,13,18-21H2,1-3H3,(H2,28,29,30);1H. The minimum atomic E-state index is 0. The summed E-state index contributed by atoms with van der Waals surface area (Å²) in [5.74, 6) is 1.10. The molecule has 3 rings (SSSR count). The Morgan fingerprint density at radius 3 is 2.26 bits per heavy atom. The van der Waals surface area contributed by atoms with Crippen LogP contribution in [0.15, 0.2) is 59.6 Å². The highest BCUT2D eigenvalue weighted by Crippen LogP contribution is 2.19. The fourth-order valence-corrected chi connectivity index (χ4v) is 4.34. The molecule has 1 unspecified atom stereocenters. The minimum absolute atomic E-state index is 0. The number of hydrogen-bond donors (Lipinski definition) is 2. The first-order chi connectivity index (χ1) is 16.1. The number of likely N-dealkylation sites (N-methyl/N-ethyl adjacent to an activating group) is 1. The van der Waals surface area contributed by atoms with Crippen molar-refractivity contribution in [3.63, 3.8) is 0 Å². The highest BCUT2D eigenvalue weighted by atomic mass is 127. The molecule has 1 aliphatic heterocycles. The Morgan fingerprint density at radius 2 is 1.68 bits per heavy atom. The maximum absolute atomic E-state index is 11.9. The number of nitrogens with one attached hydrogen (secondary N) is 2. The van der Waals surface area contributed by atoms with Crippen LogP contribution in [0.4, 0.5) is 0 Å². The molecule has 0 bridgehead atoms. The van der Waals surface area contributed by atoms with Crippen molar-refractivity contribution in [1.29, 1.82) is 0 Å². The summed E-state index contributed by atoms with van der Waals surface area (Å²) >= 11 is 0. The predicted octanol–water partition coefficient (Wildman–Crippen LogP) is 4.57. The molecule has 0 aliphatic carbocycles. The Hall–Kier alpha value is -2.13. The van der Waals surface area contributed by atoms with E-state index in [4.69, 9.17) is 4.99 Å². The number of benzene rings is 2. The van der Waals surface area contributed by atoms with E-state index in [2.05, 4.69) is 90.9 Å². The molecule has 1 heterocycles. The van der Waals surface area contributed by atoms with Gasteiger partial charge in [-0.2, -0.15) is 0 Å². The van der Waals surface area contributed by atoms with Gasteiger partial charge in [-0.1, -0.05) is 68.4 Å². The average Bonchev–Trinajstić information content (AvgIpc) is 3.25. The van der Waals surface area contributed by atoms with Gasteiger partial charge < -0.3 is 15.5 Å². The topological polar surface area (TPSA) is 60.0 Å². The molecule has 2 aromatic carbocycles. The van der Waals surface area contributed by atoms with E-state index in [1.54, 1.807) is 0 Å². The molecule has 1 fully saturated rings. The fourth-order valence-electron chi connectivity index (χ4n) is 4.34. The molecule has 0 radical (unpaired) electrons. The van der Waals surface area contributed by atoms with Gasteiger partial charge in [0.2, 0.25) is 5.91 Å². The predicted molar refractivity (Wildman–Crippen MR) is 151 cm³/mol. The van der Waals surface area contributed by atoms with E-state index in [9.17, 15) is 4.79 Å². The van der Waals surface area contributed by atoms with Crippen molar-refractivity contribution in [2.45, 2.75) is 52.7 Å². The maximum atomic E-state index is 11.9. The van der Waals surface area contributed by atoms with E-state index < -0.39 is 0 Å². The SMILES string of the molecule is CCNC(=NCc1ccc(CN2CCCC2=O)cc1)NCC(c1ccccc1)N(CC)CC.I. The smallest absolute Gasteiger partial charge is 0.222 e. The third-order valence-corrected chi connectivity index (χ3v) is 6.23. The number of carbonyl (C=O) groups is 1. The second kappa shape index (κ2) is 15.0. The van der Waals surface area contributed by atoms with Crippen LogP contribution >= 0.6 is 24.0 Å². The molecular weight excluding hydrogens is 537 g/mol. The monoisotopic (exact) mass is 577 g/mol. The average molecular weight is 578 g/mol. The van der Waals surface area contributed by atoms with Crippen LogP contribution in [0.3, 0.4) is 0 Å². The van der Waals surface area contributed by atoms with Gasteiger partial charge in [0.1, 0.15) is 0 Å². The fraction of sp³-hybridized carbons (Fsp3) is 0.481. The van der Waals surface area contributed by atoms with Crippen LogP contribution in [0.1, 0.15) is 56.3 Å². The Kier molecular flexibility index (Phi) is 12.4. The lowest BCUT2D eigenvalue weighted by molar-refractivity contribution is -0.128. The quantitative estimate of drug-likeness (QED) is 0.234. The Morgan fingerprint density at radius 1 is 1.00 bits per heavy atom. The van der Waals surface area contributed by atoms with Crippen LogP contribution in [0.2, 0.25) is 0 Å². The molecule has 2 N–H and O–H groups in total. The molecule has 34 heavy (non-hydrogen) atoms. The third kappa shape index (κ3) is 8.27. The summed E-state index contributed by atoms with van der Waals surface area (Å²) in [5, 5.41) is 6.93. The summed E-state index contributed by atoms with van der Waals surface area (Å²) in [6, 6.07) is 19.4. The molecule has 0 spiro atoms. The number of likely N-dealkylation sites (tertiary alicyclic amines) is 1. The van der Waals surface area contributed by atoms with E-state index in [1.807, 2.05) is 4.90 Å². The van der Waals surface area contributed by atoms with Crippen molar-refractivity contribution in [3.8, 4) is 0 Å². The Balaban J connectivity index is 0.00000408. The van der Waals surface area contributed by atoms with E-state index >= 15 is 0 Å². The van der Waals surface area contributed by atoms with Crippen molar-refractivity contribution in [3.05, 3.63) is 71.3 Å². The number of amides is 1. The maximum Gasteiger partial charge on any atom is 0.222 e. The van der Waals surface area contributed by atoms with Crippen LogP contribution in [0, 0.1) is 0 Å². The summed E-state index contributed by atoms with van der Waals surface area (Å²) in [6.45, 7) is 12.3. The molecular formula is C27H40IN5O. The van der Waals surface area contributed by atoms with Crippen LogP contribution in [-0.2, 0) is 17.9 Å². The van der Waals surface area contributed by atoms with Crippen molar-refractivity contribution in [1.82, 2.24) is 20.4 Å². The van der Waals surface area contributed by atoms with Crippen molar-refractivity contribution in [2.75, 3.05) is 32.7 Å². The summed E-state index contributed by atoms with van der Waals surface area (Å²) in [4.78, 5) is 21.1. The van der Waals surface area contributed by atoms with E-state index in [-0.39, 0.29) is 35.9 Å². The van der Waals surface area contributed by atoms with Gasteiger partial charge in [0.05, 0.1) is 12.6 Å². The first-order valence-corrected chi connectivity index (χ1v) is 12.3. The van der Waals surface area contributed by atoms with Gasteiger partial charge in [0, 0.05) is 32.6 Å².